The molecular weight excluding hydrogens is 252 g/mol. The Balaban J connectivity index is 2.96. The minimum Gasteiger partial charge on any atom is -0.478 e. The zero-order valence-electron chi connectivity index (χ0n) is 12.5. The van der Waals surface area contributed by atoms with Crippen molar-refractivity contribution in [2.75, 3.05) is 6.54 Å². The van der Waals surface area contributed by atoms with Crippen LogP contribution >= 0.6 is 0 Å². The fraction of sp³-hybridized carbons (Fsp3) is 0.438. The van der Waals surface area contributed by atoms with Crippen LogP contribution in [0.15, 0.2) is 12.1 Å². The lowest BCUT2D eigenvalue weighted by Gasteiger charge is -2.09. The number of carbonyl (C=O) groups is 1. The van der Waals surface area contributed by atoms with Crippen molar-refractivity contribution in [2.24, 2.45) is 5.73 Å². The number of aryl methyl sites for hydroxylation is 1. The molecule has 0 radical (unpaired) electrons. The Morgan fingerprint density at radius 3 is 2.50 bits per heavy atom. The topological polar surface area (TPSA) is 68.2 Å². The molecule has 2 rings (SSSR count). The van der Waals surface area contributed by atoms with Crippen molar-refractivity contribution in [1.29, 1.82) is 0 Å². The van der Waals surface area contributed by atoms with E-state index in [9.17, 15) is 9.90 Å². The summed E-state index contributed by atoms with van der Waals surface area (Å²) >= 11 is 0. The minimum atomic E-state index is -0.884. The maximum Gasteiger partial charge on any atom is 0.337 e. The summed E-state index contributed by atoms with van der Waals surface area (Å²) in [6.07, 6.45) is 0. The van der Waals surface area contributed by atoms with Crippen molar-refractivity contribution in [3.63, 3.8) is 0 Å². The lowest BCUT2D eigenvalue weighted by molar-refractivity contribution is 0.0698. The van der Waals surface area contributed by atoms with Crippen LogP contribution in [0.4, 0.5) is 0 Å². The highest BCUT2D eigenvalue weighted by molar-refractivity contribution is 6.04. The second-order valence-corrected chi connectivity index (χ2v) is 5.61. The zero-order chi connectivity index (χ0) is 15.0. The first-order chi connectivity index (χ1) is 9.38. The Hall–Kier alpha value is -1.81. The minimum absolute atomic E-state index is 0.347. The SMILES string of the molecule is Cc1cc(C(=O)O)c2c(c1)c(C(C)C)c(C)n2CCN. The largest absolute Gasteiger partial charge is 0.478 e. The van der Waals surface area contributed by atoms with Crippen LogP contribution in [0.25, 0.3) is 10.9 Å². The lowest BCUT2D eigenvalue weighted by atomic mass is 9.97. The van der Waals surface area contributed by atoms with Crippen LogP contribution in [0.3, 0.4) is 0 Å². The third-order valence-electron chi connectivity index (χ3n) is 3.77. The van der Waals surface area contributed by atoms with Crippen molar-refractivity contribution < 1.29 is 9.90 Å². The zero-order valence-corrected chi connectivity index (χ0v) is 12.5. The highest BCUT2D eigenvalue weighted by Crippen LogP contribution is 2.34. The Labute approximate surface area is 119 Å². The van der Waals surface area contributed by atoms with Gasteiger partial charge in [-0.1, -0.05) is 13.8 Å². The molecule has 4 heteroatoms. The maximum absolute atomic E-state index is 11.6. The lowest BCUT2D eigenvalue weighted by Crippen LogP contribution is -2.13. The van der Waals surface area contributed by atoms with Crippen LogP contribution in [-0.2, 0) is 6.54 Å². The van der Waals surface area contributed by atoms with Crippen LogP contribution in [-0.4, -0.2) is 22.2 Å². The summed E-state index contributed by atoms with van der Waals surface area (Å²) < 4.78 is 2.05. The third kappa shape index (κ3) is 2.20. The molecule has 0 unspecified atom stereocenters. The molecule has 0 saturated heterocycles. The normalized spacial score (nSPS) is 11.5. The van der Waals surface area contributed by atoms with Gasteiger partial charge in [0.25, 0.3) is 0 Å². The Bertz CT molecular complexity index is 669. The van der Waals surface area contributed by atoms with Crippen molar-refractivity contribution in [3.05, 3.63) is 34.5 Å². The summed E-state index contributed by atoms with van der Waals surface area (Å²) in [4.78, 5) is 11.6. The third-order valence-corrected chi connectivity index (χ3v) is 3.77. The van der Waals surface area contributed by atoms with Gasteiger partial charge in [-0.2, -0.15) is 0 Å². The quantitative estimate of drug-likeness (QED) is 0.900. The van der Waals surface area contributed by atoms with Crippen molar-refractivity contribution in [2.45, 2.75) is 40.2 Å². The van der Waals surface area contributed by atoms with E-state index in [1.807, 2.05) is 18.4 Å². The fourth-order valence-electron chi connectivity index (χ4n) is 3.08. The maximum atomic E-state index is 11.6. The molecule has 4 nitrogen and oxygen atoms in total. The van der Waals surface area contributed by atoms with Gasteiger partial charge < -0.3 is 15.4 Å². The number of hydrogen-bond donors (Lipinski definition) is 2. The monoisotopic (exact) mass is 274 g/mol. The van der Waals surface area contributed by atoms with E-state index in [0.717, 1.165) is 22.2 Å². The summed E-state index contributed by atoms with van der Waals surface area (Å²) in [7, 11) is 0. The molecule has 0 amide bonds. The van der Waals surface area contributed by atoms with E-state index >= 15 is 0 Å². The molecule has 1 heterocycles. The van der Waals surface area contributed by atoms with E-state index in [0.29, 0.717) is 24.6 Å². The summed E-state index contributed by atoms with van der Waals surface area (Å²) in [5, 5.41) is 10.5. The number of benzene rings is 1. The van der Waals surface area contributed by atoms with E-state index in [1.165, 1.54) is 5.56 Å². The average molecular weight is 274 g/mol. The molecule has 1 aromatic carbocycles. The van der Waals surface area contributed by atoms with Crippen LogP contribution in [0.1, 0.15) is 46.9 Å². The molecule has 20 heavy (non-hydrogen) atoms. The Morgan fingerprint density at radius 1 is 1.35 bits per heavy atom. The Kier molecular flexibility index (Phi) is 3.86. The molecule has 108 valence electrons. The summed E-state index contributed by atoms with van der Waals surface area (Å²) in [6.45, 7) is 9.39. The second-order valence-electron chi connectivity index (χ2n) is 5.61. The van der Waals surface area contributed by atoms with Gasteiger partial charge in [0.05, 0.1) is 11.1 Å². The predicted octanol–water partition coefficient (Wildman–Crippen LogP) is 3.04. The van der Waals surface area contributed by atoms with Crippen molar-refractivity contribution >= 4 is 16.9 Å². The van der Waals surface area contributed by atoms with E-state index in [2.05, 4.69) is 19.9 Å². The summed E-state index contributed by atoms with van der Waals surface area (Å²) in [5.41, 5.74) is 10.2. The van der Waals surface area contributed by atoms with Crippen LogP contribution in [0.2, 0.25) is 0 Å². The van der Waals surface area contributed by atoms with Gasteiger partial charge in [-0.15, -0.1) is 0 Å². The fourth-order valence-corrected chi connectivity index (χ4v) is 3.08. The van der Waals surface area contributed by atoms with Crippen LogP contribution in [0, 0.1) is 13.8 Å². The molecule has 3 N–H and O–H groups in total. The number of aromatic carboxylic acids is 1. The molecule has 0 fully saturated rings. The average Bonchev–Trinajstić information content (AvgIpc) is 2.61. The number of nitrogens with zero attached hydrogens (tertiary/aromatic N) is 1. The summed E-state index contributed by atoms with van der Waals surface area (Å²) in [5.74, 6) is -0.537. The van der Waals surface area contributed by atoms with Crippen LogP contribution in [0.5, 0.6) is 0 Å². The van der Waals surface area contributed by atoms with Gasteiger partial charge in [-0.05, 0) is 43.0 Å². The van der Waals surface area contributed by atoms with Gasteiger partial charge in [-0.3, -0.25) is 0 Å². The standard InChI is InChI=1S/C16H22N2O2/c1-9(2)14-11(4)18(6-5-17)15-12(14)7-10(3)8-13(15)16(19)20/h7-9H,5-6,17H2,1-4H3,(H,19,20). The highest BCUT2D eigenvalue weighted by atomic mass is 16.4. The molecule has 0 spiro atoms. The number of hydrogen-bond acceptors (Lipinski definition) is 2. The van der Waals surface area contributed by atoms with E-state index in [1.54, 1.807) is 6.07 Å². The smallest absolute Gasteiger partial charge is 0.337 e. The molecule has 2 aromatic rings. The molecular formula is C16H22N2O2. The van der Waals surface area contributed by atoms with Gasteiger partial charge in [0, 0.05) is 24.2 Å². The number of nitrogens with two attached hydrogens (primary N) is 1. The number of fused-ring (bicyclic) bond motifs is 1. The van der Waals surface area contributed by atoms with E-state index < -0.39 is 5.97 Å². The first-order valence-electron chi connectivity index (χ1n) is 6.95. The van der Waals surface area contributed by atoms with Crippen LogP contribution < -0.4 is 5.73 Å². The first-order valence-corrected chi connectivity index (χ1v) is 6.95. The number of carboxylic acid groups (broad SMARTS) is 1. The van der Waals surface area contributed by atoms with Gasteiger partial charge in [-0.25, -0.2) is 4.79 Å². The molecule has 0 aliphatic heterocycles. The molecule has 0 aliphatic carbocycles. The molecule has 0 aliphatic rings. The van der Waals surface area contributed by atoms with Crippen molar-refractivity contribution in [3.8, 4) is 0 Å². The molecule has 0 saturated carbocycles. The second kappa shape index (κ2) is 5.29. The van der Waals surface area contributed by atoms with Crippen molar-refractivity contribution in [1.82, 2.24) is 4.57 Å². The predicted molar refractivity (Wildman–Crippen MR) is 81.5 cm³/mol. The van der Waals surface area contributed by atoms with Gasteiger partial charge in [0.15, 0.2) is 0 Å². The summed E-state index contributed by atoms with van der Waals surface area (Å²) in [6, 6.07) is 3.82. The van der Waals surface area contributed by atoms with Gasteiger partial charge >= 0.3 is 5.97 Å². The molecule has 0 bridgehead atoms. The number of rotatable bonds is 4. The first kappa shape index (κ1) is 14.6. The Morgan fingerprint density at radius 2 is 2.00 bits per heavy atom. The number of aromatic nitrogens is 1. The number of carboxylic acids is 1. The highest BCUT2D eigenvalue weighted by Gasteiger charge is 2.21. The molecule has 0 atom stereocenters. The van der Waals surface area contributed by atoms with E-state index in [-0.39, 0.29) is 0 Å². The van der Waals surface area contributed by atoms with E-state index in [4.69, 9.17) is 5.73 Å². The molecule has 1 aromatic heterocycles. The van der Waals surface area contributed by atoms with Gasteiger partial charge in [0.2, 0.25) is 0 Å². The van der Waals surface area contributed by atoms with Gasteiger partial charge in [0.1, 0.15) is 0 Å².